The number of methoxy groups -OCH3 is 1. The molecule has 6 heteroatoms. The van der Waals surface area contributed by atoms with Crippen molar-refractivity contribution in [2.24, 2.45) is 0 Å². The fraction of sp³-hybridized carbons (Fsp3) is 0.344. The van der Waals surface area contributed by atoms with Gasteiger partial charge in [-0.05, 0) is 80.6 Å². The van der Waals surface area contributed by atoms with Crippen molar-refractivity contribution >= 4 is 28.6 Å². The van der Waals surface area contributed by atoms with Crippen LogP contribution >= 0.6 is 0 Å². The molecule has 0 bridgehead atoms. The van der Waals surface area contributed by atoms with Crippen LogP contribution in [0.3, 0.4) is 0 Å². The van der Waals surface area contributed by atoms with E-state index in [4.69, 9.17) is 4.74 Å². The molecular weight excluding hydrogens is 476 g/mol. The molecule has 0 saturated heterocycles. The van der Waals surface area contributed by atoms with E-state index in [-0.39, 0.29) is 24.3 Å². The Balaban J connectivity index is 1.80. The summed E-state index contributed by atoms with van der Waals surface area (Å²) in [6, 6.07) is 11.3. The molecule has 2 aromatic carbocycles. The number of esters is 1. The molecule has 1 aliphatic carbocycles. The first kappa shape index (κ1) is 27.1. The Hall–Kier alpha value is -3.93. The van der Waals surface area contributed by atoms with Crippen molar-refractivity contribution in [1.82, 2.24) is 9.88 Å². The normalized spacial score (nSPS) is 13.8. The van der Waals surface area contributed by atoms with Crippen LogP contribution in [-0.2, 0) is 9.53 Å². The Morgan fingerprint density at radius 3 is 2.55 bits per heavy atom. The third-order valence-corrected chi connectivity index (χ3v) is 7.07. The second-order valence-corrected chi connectivity index (χ2v) is 10.3. The number of aromatic nitrogens is 1. The number of amides is 1. The number of fused-ring (bicyclic) bond motifs is 1. The number of hydrogen-bond donors (Lipinski definition) is 1. The minimum absolute atomic E-state index is 0.0782. The molecule has 0 saturated carbocycles. The highest BCUT2D eigenvalue weighted by molar-refractivity contribution is 6.10. The van der Waals surface area contributed by atoms with Gasteiger partial charge >= 0.3 is 5.97 Å². The highest BCUT2D eigenvalue weighted by atomic mass is 16.5. The van der Waals surface area contributed by atoms with E-state index in [0.717, 1.165) is 51.6 Å². The first-order valence-corrected chi connectivity index (χ1v) is 13.2. The Bertz CT molecular complexity index is 1490. The maximum absolute atomic E-state index is 13.7. The highest BCUT2D eigenvalue weighted by Crippen LogP contribution is 2.33. The van der Waals surface area contributed by atoms with Crippen LogP contribution in [0.4, 0.5) is 0 Å². The molecule has 1 N–H and O–H groups in total. The number of ketones is 1. The Morgan fingerprint density at radius 2 is 1.87 bits per heavy atom. The molecule has 4 rings (SSSR count). The second kappa shape index (κ2) is 11.2. The zero-order valence-electron chi connectivity index (χ0n) is 23.1. The molecule has 1 aliphatic rings. The lowest BCUT2D eigenvalue weighted by atomic mass is 9.89. The molecular formula is C32H36N2O4. The van der Waals surface area contributed by atoms with Crippen LogP contribution in [0, 0.1) is 6.92 Å². The summed E-state index contributed by atoms with van der Waals surface area (Å²) in [5, 5.41) is 3.93. The van der Waals surface area contributed by atoms with Crippen molar-refractivity contribution in [2.75, 3.05) is 13.7 Å². The van der Waals surface area contributed by atoms with Gasteiger partial charge in [-0.2, -0.15) is 0 Å². The van der Waals surface area contributed by atoms with Crippen molar-refractivity contribution in [3.8, 4) is 11.1 Å². The number of carbonyl (C=O) groups excluding carboxylic acids is 3. The standard InChI is InChI=1S/C32H36N2O4/c1-7-9-23-12-20(4)13-29(35)27(23)17-33-31(36)26-15-25(22-10-8-11-24(14-22)32(37)38-6)16-28-30(26)21(5)18-34(28)19(2)3/h8,10-12,14-16,18-19H,7,9,13,17H2,1-6H3,(H,33,36). The molecule has 0 atom stereocenters. The van der Waals surface area contributed by atoms with Crippen molar-refractivity contribution in [1.29, 1.82) is 0 Å². The number of nitrogens with one attached hydrogen (secondary N) is 1. The van der Waals surface area contributed by atoms with E-state index >= 15 is 0 Å². The van der Waals surface area contributed by atoms with E-state index in [0.29, 0.717) is 23.1 Å². The fourth-order valence-electron chi connectivity index (χ4n) is 5.25. The van der Waals surface area contributed by atoms with Crippen LogP contribution in [0.5, 0.6) is 0 Å². The van der Waals surface area contributed by atoms with Gasteiger partial charge < -0.3 is 14.6 Å². The maximum atomic E-state index is 13.7. The van der Waals surface area contributed by atoms with Gasteiger partial charge in [0.25, 0.3) is 5.91 Å². The Labute approximate surface area is 224 Å². The van der Waals surface area contributed by atoms with Crippen LogP contribution in [0.2, 0.25) is 0 Å². The van der Waals surface area contributed by atoms with E-state index in [1.54, 1.807) is 12.1 Å². The number of benzene rings is 2. The molecule has 0 aliphatic heterocycles. The minimum atomic E-state index is -0.412. The molecule has 0 unspecified atom stereocenters. The molecule has 0 spiro atoms. The summed E-state index contributed by atoms with van der Waals surface area (Å²) in [4.78, 5) is 38.7. The van der Waals surface area contributed by atoms with E-state index in [9.17, 15) is 14.4 Å². The van der Waals surface area contributed by atoms with E-state index < -0.39 is 5.97 Å². The van der Waals surface area contributed by atoms with Gasteiger partial charge in [-0.25, -0.2) is 4.79 Å². The predicted octanol–water partition coefficient (Wildman–Crippen LogP) is 6.73. The topological polar surface area (TPSA) is 77.4 Å². The van der Waals surface area contributed by atoms with Gasteiger partial charge in [0.15, 0.2) is 5.78 Å². The first-order chi connectivity index (χ1) is 18.1. The minimum Gasteiger partial charge on any atom is -0.465 e. The van der Waals surface area contributed by atoms with E-state index in [2.05, 4.69) is 49.0 Å². The van der Waals surface area contributed by atoms with E-state index in [1.165, 1.54) is 7.11 Å². The van der Waals surface area contributed by atoms with Crippen LogP contribution in [0.15, 0.2) is 65.4 Å². The highest BCUT2D eigenvalue weighted by Gasteiger charge is 2.23. The number of aryl methyl sites for hydroxylation is 1. The van der Waals surface area contributed by atoms with Crippen molar-refractivity contribution in [3.63, 3.8) is 0 Å². The van der Waals surface area contributed by atoms with Gasteiger partial charge in [0.2, 0.25) is 0 Å². The quantitative estimate of drug-likeness (QED) is 0.340. The van der Waals surface area contributed by atoms with Crippen LogP contribution in [0.1, 0.15) is 79.3 Å². The molecule has 1 heterocycles. The summed E-state index contributed by atoms with van der Waals surface area (Å²) in [5.41, 5.74) is 7.35. The smallest absolute Gasteiger partial charge is 0.337 e. The molecule has 38 heavy (non-hydrogen) atoms. The maximum Gasteiger partial charge on any atom is 0.337 e. The summed E-state index contributed by atoms with van der Waals surface area (Å²) in [6.45, 7) is 10.5. The third kappa shape index (κ3) is 5.35. The van der Waals surface area contributed by atoms with Crippen molar-refractivity contribution < 1.29 is 19.1 Å². The summed E-state index contributed by atoms with van der Waals surface area (Å²) in [5.74, 6) is -0.563. The van der Waals surface area contributed by atoms with Crippen molar-refractivity contribution in [2.45, 2.75) is 59.9 Å². The summed E-state index contributed by atoms with van der Waals surface area (Å²) < 4.78 is 7.06. The number of Topliss-reactive ketones (excluding diaryl/α,β-unsaturated/α-hetero) is 1. The molecule has 1 aromatic heterocycles. The van der Waals surface area contributed by atoms with Crippen LogP contribution in [-0.4, -0.2) is 35.9 Å². The number of carbonyl (C=O) groups is 3. The van der Waals surface area contributed by atoms with Gasteiger partial charge in [0.05, 0.1) is 12.7 Å². The van der Waals surface area contributed by atoms with E-state index in [1.807, 2.05) is 32.0 Å². The fourth-order valence-corrected chi connectivity index (χ4v) is 5.25. The lowest BCUT2D eigenvalue weighted by molar-refractivity contribution is -0.115. The summed E-state index contributed by atoms with van der Waals surface area (Å²) >= 11 is 0. The van der Waals surface area contributed by atoms with Crippen LogP contribution in [0.25, 0.3) is 22.0 Å². The third-order valence-electron chi connectivity index (χ3n) is 7.07. The number of rotatable bonds is 8. The average Bonchev–Trinajstić information content (AvgIpc) is 3.23. The molecule has 3 aromatic rings. The van der Waals surface area contributed by atoms with Gasteiger partial charge in [-0.1, -0.05) is 37.1 Å². The molecule has 6 nitrogen and oxygen atoms in total. The largest absolute Gasteiger partial charge is 0.465 e. The lowest BCUT2D eigenvalue weighted by Gasteiger charge is -2.19. The van der Waals surface area contributed by atoms with Gasteiger partial charge in [0, 0.05) is 47.2 Å². The van der Waals surface area contributed by atoms with Gasteiger partial charge in [-0.15, -0.1) is 0 Å². The average molecular weight is 513 g/mol. The summed E-state index contributed by atoms with van der Waals surface area (Å²) in [7, 11) is 1.36. The zero-order chi connectivity index (χ0) is 27.6. The Morgan fingerprint density at radius 1 is 1.11 bits per heavy atom. The number of allylic oxidation sites excluding steroid dienone is 3. The number of ether oxygens (including phenoxy) is 1. The second-order valence-electron chi connectivity index (χ2n) is 10.3. The predicted molar refractivity (Wildman–Crippen MR) is 151 cm³/mol. The monoisotopic (exact) mass is 512 g/mol. The van der Waals surface area contributed by atoms with Gasteiger partial charge in [0.1, 0.15) is 0 Å². The van der Waals surface area contributed by atoms with Crippen LogP contribution < -0.4 is 5.32 Å². The Kier molecular flexibility index (Phi) is 8.00. The van der Waals surface area contributed by atoms with Crippen molar-refractivity contribution in [3.05, 3.63) is 82.1 Å². The first-order valence-electron chi connectivity index (χ1n) is 13.2. The number of nitrogens with zero attached hydrogens (tertiary/aromatic N) is 1. The molecule has 0 radical (unpaired) electrons. The SMILES string of the molecule is CCCC1=C(CNC(=O)c2cc(-c3cccc(C(=O)OC)c3)cc3c2c(C)cn3C(C)C)C(=O)CC(C)=C1. The summed E-state index contributed by atoms with van der Waals surface area (Å²) in [6.07, 6.45) is 6.29. The molecule has 1 amide bonds. The molecule has 0 fully saturated rings. The number of hydrogen-bond acceptors (Lipinski definition) is 4. The van der Waals surface area contributed by atoms with Gasteiger partial charge in [-0.3, -0.25) is 9.59 Å². The zero-order valence-corrected chi connectivity index (χ0v) is 23.1. The molecule has 198 valence electrons. The lowest BCUT2D eigenvalue weighted by Crippen LogP contribution is -2.29.